The van der Waals surface area contributed by atoms with E-state index in [4.69, 9.17) is 11.6 Å². The van der Waals surface area contributed by atoms with Crippen molar-refractivity contribution in [2.24, 2.45) is 7.05 Å². The van der Waals surface area contributed by atoms with Gasteiger partial charge in [0.15, 0.2) is 0 Å². The van der Waals surface area contributed by atoms with Gasteiger partial charge in [-0.1, -0.05) is 11.6 Å². The van der Waals surface area contributed by atoms with Crippen LogP contribution in [0, 0.1) is 0 Å². The van der Waals surface area contributed by atoms with Crippen LogP contribution in [0.3, 0.4) is 0 Å². The topological polar surface area (TPSA) is 64.7 Å². The molecule has 0 aliphatic carbocycles. The first-order valence-electron chi connectivity index (χ1n) is 6.47. The maximum Gasteiger partial charge on any atom is 0.287 e. The predicted molar refractivity (Wildman–Crippen MR) is 79.3 cm³/mol. The summed E-state index contributed by atoms with van der Waals surface area (Å²) in [6.45, 7) is 4.44. The third-order valence-electron chi connectivity index (χ3n) is 2.92. The van der Waals surface area contributed by atoms with Gasteiger partial charge in [-0.05, 0) is 25.8 Å². The van der Waals surface area contributed by atoms with Crippen molar-refractivity contribution >= 4 is 17.3 Å². The van der Waals surface area contributed by atoms with Crippen LogP contribution in [0.4, 0.5) is 5.69 Å². The van der Waals surface area contributed by atoms with Crippen LogP contribution in [0.25, 0.3) is 0 Å². The second-order valence-electron chi connectivity index (χ2n) is 4.91. The molecule has 0 atom stereocenters. The van der Waals surface area contributed by atoms with E-state index < -0.39 is 0 Å². The number of nitrogens with zero attached hydrogens (tertiary/aromatic N) is 4. The molecule has 0 aliphatic heterocycles. The molecule has 0 saturated heterocycles. The van der Waals surface area contributed by atoms with Crippen molar-refractivity contribution in [3.05, 3.63) is 39.5 Å². The Morgan fingerprint density at radius 2 is 2.10 bits per heavy atom. The molecule has 20 heavy (non-hydrogen) atoms. The Morgan fingerprint density at radius 1 is 1.35 bits per heavy atom. The van der Waals surface area contributed by atoms with Gasteiger partial charge in [0.1, 0.15) is 5.02 Å². The van der Waals surface area contributed by atoms with E-state index in [2.05, 4.69) is 15.5 Å². The molecule has 7 heteroatoms. The normalized spacial score (nSPS) is 11.1. The summed E-state index contributed by atoms with van der Waals surface area (Å²) < 4.78 is 3.13. The Hall–Kier alpha value is -1.82. The Morgan fingerprint density at radius 3 is 2.70 bits per heavy atom. The minimum absolute atomic E-state index is 0.00977. The predicted octanol–water partition coefficient (Wildman–Crippen LogP) is 1.87. The number of rotatable bonds is 5. The fourth-order valence-corrected chi connectivity index (χ4v) is 2.08. The minimum Gasteiger partial charge on any atom is -0.382 e. The molecule has 0 bridgehead atoms. The molecular formula is C13H18ClN5O. The zero-order chi connectivity index (χ0) is 14.7. The van der Waals surface area contributed by atoms with Crippen molar-refractivity contribution in [2.45, 2.75) is 26.3 Å². The Balaban J connectivity index is 2.03. The van der Waals surface area contributed by atoms with E-state index in [0.717, 1.165) is 12.0 Å². The molecule has 0 spiro atoms. The molecular weight excluding hydrogens is 278 g/mol. The quantitative estimate of drug-likeness (QED) is 0.914. The summed E-state index contributed by atoms with van der Waals surface area (Å²) in [7, 11) is 1.88. The average Bonchev–Trinajstić information content (AvgIpc) is 2.80. The molecule has 0 fully saturated rings. The summed E-state index contributed by atoms with van der Waals surface area (Å²) in [4.78, 5) is 12.0. The van der Waals surface area contributed by atoms with Crippen LogP contribution in [-0.4, -0.2) is 26.1 Å². The second-order valence-corrected chi connectivity index (χ2v) is 5.29. The number of hydrogen-bond donors (Lipinski definition) is 1. The molecule has 2 aromatic rings. The van der Waals surface area contributed by atoms with Gasteiger partial charge in [0.25, 0.3) is 5.56 Å². The van der Waals surface area contributed by atoms with Crippen LogP contribution in [0.5, 0.6) is 0 Å². The van der Waals surface area contributed by atoms with E-state index in [1.54, 1.807) is 10.9 Å². The Bertz CT molecular complexity index is 646. The van der Waals surface area contributed by atoms with Crippen molar-refractivity contribution in [2.75, 3.05) is 11.9 Å². The molecule has 1 N–H and O–H groups in total. The lowest BCUT2D eigenvalue weighted by atomic mass is 10.2. The zero-order valence-electron chi connectivity index (χ0n) is 11.8. The fourth-order valence-electron chi connectivity index (χ4n) is 1.88. The number of halogens is 1. The molecule has 0 radical (unpaired) electrons. The van der Waals surface area contributed by atoms with Gasteiger partial charge in [0.05, 0.1) is 24.1 Å². The molecule has 6 nitrogen and oxygen atoms in total. The van der Waals surface area contributed by atoms with Crippen LogP contribution in [0.1, 0.15) is 25.5 Å². The first kappa shape index (κ1) is 14.6. The lowest BCUT2D eigenvalue weighted by Crippen LogP contribution is -2.26. The van der Waals surface area contributed by atoms with Gasteiger partial charge in [0.2, 0.25) is 0 Å². The number of hydrogen-bond acceptors (Lipinski definition) is 4. The van der Waals surface area contributed by atoms with Gasteiger partial charge in [-0.3, -0.25) is 9.48 Å². The first-order valence-corrected chi connectivity index (χ1v) is 6.85. The second kappa shape index (κ2) is 6.09. The molecule has 2 aromatic heterocycles. The van der Waals surface area contributed by atoms with E-state index in [1.807, 2.05) is 33.3 Å². The molecule has 108 valence electrons. The Labute approximate surface area is 122 Å². The van der Waals surface area contributed by atoms with Crippen LogP contribution >= 0.6 is 11.6 Å². The highest BCUT2D eigenvalue weighted by Crippen LogP contribution is 2.16. The van der Waals surface area contributed by atoms with Crippen molar-refractivity contribution < 1.29 is 0 Å². The fraction of sp³-hybridized carbons (Fsp3) is 0.462. The van der Waals surface area contributed by atoms with Gasteiger partial charge in [0, 0.05) is 19.8 Å². The van der Waals surface area contributed by atoms with Gasteiger partial charge < -0.3 is 5.32 Å². The lowest BCUT2D eigenvalue weighted by molar-refractivity contribution is 0.503. The van der Waals surface area contributed by atoms with E-state index in [-0.39, 0.29) is 16.6 Å². The summed E-state index contributed by atoms with van der Waals surface area (Å²) in [6, 6.07) is -0.00977. The number of anilines is 1. The SMILES string of the molecule is CC(C)n1ncc(NCCc2cnn(C)c2)c(Cl)c1=O. The number of nitrogens with one attached hydrogen (secondary N) is 1. The maximum atomic E-state index is 12.0. The van der Waals surface area contributed by atoms with E-state index in [1.165, 1.54) is 4.68 Å². The third-order valence-corrected chi connectivity index (χ3v) is 3.29. The molecule has 0 aromatic carbocycles. The molecule has 0 amide bonds. The molecule has 0 unspecified atom stereocenters. The lowest BCUT2D eigenvalue weighted by Gasteiger charge is -2.11. The molecule has 2 rings (SSSR count). The molecule has 0 saturated carbocycles. The van der Waals surface area contributed by atoms with Crippen molar-refractivity contribution in [3.63, 3.8) is 0 Å². The first-order chi connectivity index (χ1) is 9.49. The van der Waals surface area contributed by atoms with Crippen LogP contribution in [0.2, 0.25) is 5.02 Å². The molecule has 2 heterocycles. The Kier molecular flexibility index (Phi) is 4.44. The monoisotopic (exact) mass is 295 g/mol. The van der Waals surface area contributed by atoms with Gasteiger partial charge in [-0.2, -0.15) is 10.2 Å². The maximum absolute atomic E-state index is 12.0. The van der Waals surface area contributed by atoms with Crippen LogP contribution in [0.15, 0.2) is 23.4 Å². The zero-order valence-corrected chi connectivity index (χ0v) is 12.6. The smallest absolute Gasteiger partial charge is 0.287 e. The number of aromatic nitrogens is 4. The minimum atomic E-state index is -0.270. The van der Waals surface area contributed by atoms with Gasteiger partial charge in [-0.25, -0.2) is 4.68 Å². The highest BCUT2D eigenvalue weighted by atomic mass is 35.5. The summed E-state index contributed by atoms with van der Waals surface area (Å²) in [5.41, 5.74) is 1.42. The summed E-state index contributed by atoms with van der Waals surface area (Å²) in [5.74, 6) is 0. The highest BCUT2D eigenvalue weighted by molar-refractivity contribution is 6.32. The van der Waals surface area contributed by atoms with Crippen molar-refractivity contribution in [3.8, 4) is 0 Å². The summed E-state index contributed by atoms with van der Waals surface area (Å²) >= 11 is 6.08. The van der Waals surface area contributed by atoms with E-state index in [0.29, 0.717) is 12.2 Å². The van der Waals surface area contributed by atoms with Crippen LogP contribution < -0.4 is 10.9 Å². The highest BCUT2D eigenvalue weighted by Gasteiger charge is 2.10. The number of aryl methyl sites for hydroxylation is 1. The van der Waals surface area contributed by atoms with Crippen molar-refractivity contribution in [1.29, 1.82) is 0 Å². The summed E-state index contributed by atoms with van der Waals surface area (Å²) in [6.07, 6.45) is 6.17. The molecule has 0 aliphatic rings. The largest absolute Gasteiger partial charge is 0.382 e. The van der Waals surface area contributed by atoms with Crippen LogP contribution in [-0.2, 0) is 13.5 Å². The van der Waals surface area contributed by atoms with Gasteiger partial charge in [-0.15, -0.1) is 0 Å². The standard InChI is InChI=1S/C13H18ClN5O/c1-9(2)19-13(20)12(14)11(7-17-19)15-5-4-10-6-16-18(3)8-10/h6-9,15H,4-5H2,1-3H3. The average molecular weight is 296 g/mol. The summed E-state index contributed by atoms with van der Waals surface area (Å²) in [5, 5.41) is 11.5. The third kappa shape index (κ3) is 3.19. The van der Waals surface area contributed by atoms with Gasteiger partial charge >= 0.3 is 0 Å². The van der Waals surface area contributed by atoms with E-state index in [9.17, 15) is 4.79 Å². The van der Waals surface area contributed by atoms with Crippen molar-refractivity contribution in [1.82, 2.24) is 19.6 Å². The van der Waals surface area contributed by atoms with E-state index >= 15 is 0 Å².